The van der Waals surface area contributed by atoms with E-state index in [1.165, 1.54) is 18.4 Å². The number of carbonyl (C=O) groups is 1. The summed E-state index contributed by atoms with van der Waals surface area (Å²) >= 11 is 7.49. The fourth-order valence-electron chi connectivity index (χ4n) is 2.38. The number of hydrogen-bond acceptors (Lipinski definition) is 2. The van der Waals surface area contributed by atoms with Crippen LogP contribution in [-0.4, -0.2) is 17.7 Å². The molecule has 1 aliphatic rings. The van der Waals surface area contributed by atoms with Crippen LogP contribution in [0.1, 0.15) is 39.0 Å². The quantitative estimate of drug-likeness (QED) is 0.600. The van der Waals surface area contributed by atoms with Crippen LogP contribution in [-0.2, 0) is 4.79 Å². The summed E-state index contributed by atoms with van der Waals surface area (Å²) in [7, 11) is 0. The van der Waals surface area contributed by atoms with Gasteiger partial charge in [-0.25, -0.2) is 0 Å². The van der Waals surface area contributed by atoms with Gasteiger partial charge in [0.15, 0.2) is 0 Å². The Morgan fingerprint density at radius 3 is 2.71 bits per heavy atom. The molecule has 0 saturated heterocycles. The second-order valence-electron chi connectivity index (χ2n) is 5.29. The number of carbonyl (C=O) groups excluding carboxylic acids is 1. The topological polar surface area (TPSA) is 29.1 Å². The Labute approximate surface area is 136 Å². The van der Waals surface area contributed by atoms with E-state index in [0.29, 0.717) is 6.54 Å². The highest BCUT2D eigenvalue weighted by Gasteiger charge is 2.18. The molecule has 21 heavy (non-hydrogen) atoms. The lowest BCUT2D eigenvalue weighted by Crippen LogP contribution is -2.33. The molecule has 0 spiro atoms. The lowest BCUT2D eigenvalue weighted by Gasteiger charge is -2.17. The first-order chi connectivity index (χ1) is 10.2. The van der Waals surface area contributed by atoms with E-state index in [1.54, 1.807) is 11.8 Å². The average molecular weight is 324 g/mol. The Bertz CT molecular complexity index is 498. The van der Waals surface area contributed by atoms with Gasteiger partial charge in [0.05, 0.1) is 5.25 Å². The summed E-state index contributed by atoms with van der Waals surface area (Å²) < 4.78 is 0. The summed E-state index contributed by atoms with van der Waals surface area (Å²) in [6.45, 7) is 2.75. The van der Waals surface area contributed by atoms with E-state index >= 15 is 0 Å². The molecule has 114 valence electrons. The van der Waals surface area contributed by atoms with Gasteiger partial charge < -0.3 is 5.32 Å². The van der Waals surface area contributed by atoms with Crippen molar-refractivity contribution in [2.45, 2.75) is 49.2 Å². The Kier molecular flexibility index (Phi) is 6.65. The maximum absolute atomic E-state index is 12.3. The number of amides is 1. The highest BCUT2D eigenvalue weighted by atomic mass is 35.5. The van der Waals surface area contributed by atoms with Crippen LogP contribution >= 0.6 is 23.4 Å². The molecule has 1 aliphatic carbocycles. The first kappa shape index (κ1) is 16.4. The number of rotatable bonds is 6. The second kappa shape index (κ2) is 8.50. The molecule has 0 fully saturated rings. The number of halogens is 1. The van der Waals surface area contributed by atoms with Crippen LogP contribution in [0.3, 0.4) is 0 Å². The summed E-state index contributed by atoms with van der Waals surface area (Å²) in [5, 5.41) is 3.76. The van der Waals surface area contributed by atoms with Gasteiger partial charge in [-0.15, -0.1) is 11.8 Å². The zero-order chi connectivity index (χ0) is 15.1. The molecule has 0 aromatic heterocycles. The molecule has 1 aromatic carbocycles. The number of thioether (sulfide) groups is 1. The van der Waals surface area contributed by atoms with Crippen molar-refractivity contribution < 1.29 is 4.79 Å². The van der Waals surface area contributed by atoms with Gasteiger partial charge in [0.2, 0.25) is 5.91 Å². The molecule has 0 heterocycles. The standard InChI is InChI=1S/C17H22ClNOS/c1-2-16(21-15-10-8-14(18)9-11-15)17(20)19-12-13-6-4-3-5-7-13/h6,8-11,16H,2-5,7,12H2,1H3,(H,19,20)/t16-/m1/s1. The van der Waals surface area contributed by atoms with Gasteiger partial charge >= 0.3 is 0 Å². The summed E-state index contributed by atoms with van der Waals surface area (Å²) in [6, 6.07) is 7.65. The smallest absolute Gasteiger partial charge is 0.233 e. The van der Waals surface area contributed by atoms with Gasteiger partial charge in [-0.05, 0) is 56.4 Å². The minimum atomic E-state index is -0.0460. The summed E-state index contributed by atoms with van der Waals surface area (Å²) in [4.78, 5) is 13.4. The fraction of sp³-hybridized carbons (Fsp3) is 0.471. The van der Waals surface area contributed by atoms with Gasteiger partial charge in [0.1, 0.15) is 0 Å². The fourth-order valence-corrected chi connectivity index (χ4v) is 3.48. The SMILES string of the molecule is CC[C@@H](Sc1ccc(Cl)cc1)C(=O)NCC1=CCCCC1. The van der Waals surface area contributed by atoms with Crippen LogP contribution in [0.5, 0.6) is 0 Å². The number of nitrogens with one attached hydrogen (secondary N) is 1. The number of benzene rings is 1. The zero-order valence-corrected chi connectivity index (χ0v) is 14.0. The van der Waals surface area contributed by atoms with E-state index in [4.69, 9.17) is 11.6 Å². The molecule has 0 aliphatic heterocycles. The third kappa shape index (κ3) is 5.40. The molecule has 2 rings (SSSR count). The molecular weight excluding hydrogens is 302 g/mol. The molecule has 1 amide bonds. The first-order valence-electron chi connectivity index (χ1n) is 7.57. The van der Waals surface area contributed by atoms with Crippen LogP contribution < -0.4 is 5.32 Å². The molecule has 0 unspecified atom stereocenters. The van der Waals surface area contributed by atoms with Crippen LogP contribution in [0, 0.1) is 0 Å². The predicted octanol–water partition coefficient (Wildman–Crippen LogP) is 4.83. The third-order valence-electron chi connectivity index (χ3n) is 3.63. The van der Waals surface area contributed by atoms with Crippen LogP contribution in [0.15, 0.2) is 40.8 Å². The normalized spacial score (nSPS) is 16.2. The van der Waals surface area contributed by atoms with Crippen molar-refractivity contribution >= 4 is 29.3 Å². The molecule has 4 heteroatoms. The van der Waals surface area contributed by atoms with Crippen molar-refractivity contribution in [3.8, 4) is 0 Å². The Hall–Kier alpha value is -0.930. The second-order valence-corrected chi connectivity index (χ2v) is 7.01. The Balaban J connectivity index is 1.86. The van der Waals surface area contributed by atoms with Gasteiger partial charge in [0.25, 0.3) is 0 Å². The minimum Gasteiger partial charge on any atom is -0.351 e. The number of hydrogen-bond donors (Lipinski definition) is 1. The molecule has 0 bridgehead atoms. The van der Waals surface area contributed by atoms with Crippen molar-refractivity contribution in [2.24, 2.45) is 0 Å². The van der Waals surface area contributed by atoms with E-state index < -0.39 is 0 Å². The lowest BCUT2D eigenvalue weighted by atomic mass is 10.00. The summed E-state index contributed by atoms with van der Waals surface area (Å²) in [5.41, 5.74) is 1.38. The van der Waals surface area contributed by atoms with Crippen molar-refractivity contribution in [3.63, 3.8) is 0 Å². The molecule has 1 N–H and O–H groups in total. The largest absolute Gasteiger partial charge is 0.351 e. The molecule has 0 saturated carbocycles. The minimum absolute atomic E-state index is 0.0460. The van der Waals surface area contributed by atoms with Crippen LogP contribution in [0.25, 0.3) is 0 Å². The summed E-state index contributed by atoms with van der Waals surface area (Å²) in [5.74, 6) is 0.129. The van der Waals surface area contributed by atoms with Gasteiger partial charge in [-0.3, -0.25) is 4.79 Å². The Morgan fingerprint density at radius 2 is 2.10 bits per heavy atom. The van der Waals surface area contributed by atoms with Crippen LogP contribution in [0.2, 0.25) is 5.02 Å². The molecule has 2 nitrogen and oxygen atoms in total. The molecular formula is C17H22ClNOS. The number of allylic oxidation sites excluding steroid dienone is 1. The molecule has 1 aromatic rings. The van der Waals surface area contributed by atoms with E-state index in [-0.39, 0.29) is 11.2 Å². The maximum atomic E-state index is 12.3. The van der Waals surface area contributed by atoms with E-state index in [2.05, 4.69) is 11.4 Å². The maximum Gasteiger partial charge on any atom is 0.233 e. The third-order valence-corrected chi connectivity index (χ3v) is 5.26. The van der Waals surface area contributed by atoms with E-state index in [9.17, 15) is 4.79 Å². The zero-order valence-electron chi connectivity index (χ0n) is 12.4. The van der Waals surface area contributed by atoms with E-state index in [1.807, 2.05) is 31.2 Å². The summed E-state index contributed by atoms with van der Waals surface area (Å²) in [6.07, 6.45) is 7.90. The highest BCUT2D eigenvalue weighted by Crippen LogP contribution is 2.27. The molecule has 1 atom stereocenters. The van der Waals surface area contributed by atoms with Crippen molar-refractivity contribution in [1.82, 2.24) is 5.32 Å². The predicted molar refractivity (Wildman–Crippen MR) is 90.9 cm³/mol. The van der Waals surface area contributed by atoms with E-state index in [0.717, 1.165) is 29.2 Å². The average Bonchev–Trinajstić information content (AvgIpc) is 2.53. The van der Waals surface area contributed by atoms with Crippen molar-refractivity contribution in [2.75, 3.05) is 6.54 Å². The van der Waals surface area contributed by atoms with Crippen molar-refractivity contribution in [1.29, 1.82) is 0 Å². The highest BCUT2D eigenvalue weighted by molar-refractivity contribution is 8.00. The molecule has 0 radical (unpaired) electrons. The van der Waals surface area contributed by atoms with Crippen LogP contribution in [0.4, 0.5) is 0 Å². The van der Waals surface area contributed by atoms with Gasteiger partial charge in [0, 0.05) is 16.5 Å². The first-order valence-corrected chi connectivity index (χ1v) is 8.82. The van der Waals surface area contributed by atoms with Gasteiger partial charge in [-0.1, -0.05) is 30.2 Å². The van der Waals surface area contributed by atoms with Crippen molar-refractivity contribution in [3.05, 3.63) is 40.9 Å². The monoisotopic (exact) mass is 323 g/mol. The van der Waals surface area contributed by atoms with Gasteiger partial charge in [-0.2, -0.15) is 0 Å². The Morgan fingerprint density at radius 1 is 1.33 bits per heavy atom. The lowest BCUT2D eigenvalue weighted by molar-refractivity contribution is -0.120.